The van der Waals surface area contributed by atoms with Gasteiger partial charge in [-0.05, 0) is 54.4 Å². The molecule has 0 unspecified atom stereocenters. The Morgan fingerprint density at radius 3 is 2.59 bits per heavy atom. The van der Waals surface area contributed by atoms with Gasteiger partial charge in [0.15, 0.2) is 0 Å². The average Bonchev–Trinajstić information content (AvgIpc) is 2.65. The summed E-state index contributed by atoms with van der Waals surface area (Å²) in [6.45, 7) is 5.86. The Bertz CT molecular complexity index is 540. The molecule has 17 heavy (non-hydrogen) atoms. The van der Waals surface area contributed by atoms with E-state index in [0.29, 0.717) is 0 Å². The van der Waals surface area contributed by atoms with Crippen LogP contribution in [-0.4, -0.2) is 15.0 Å². The largest absolute Gasteiger partial charge is 0.320 e. The van der Waals surface area contributed by atoms with Gasteiger partial charge in [-0.1, -0.05) is 11.3 Å². The lowest BCUT2D eigenvalue weighted by molar-refractivity contribution is 0.533. The van der Waals surface area contributed by atoms with E-state index in [4.69, 9.17) is 5.73 Å². The topological polar surface area (TPSA) is 56.7 Å². The molecule has 0 fully saturated rings. The van der Waals surface area contributed by atoms with Crippen molar-refractivity contribution in [3.05, 3.63) is 40.1 Å². The molecular formula is C12H15BrN4. The summed E-state index contributed by atoms with van der Waals surface area (Å²) in [5, 5.41) is 8.19. The second-order valence-electron chi connectivity index (χ2n) is 4.72. The van der Waals surface area contributed by atoms with Crippen molar-refractivity contribution >= 4 is 15.9 Å². The quantitative estimate of drug-likeness (QED) is 0.926. The van der Waals surface area contributed by atoms with Crippen molar-refractivity contribution in [3.8, 4) is 5.69 Å². The van der Waals surface area contributed by atoms with Crippen LogP contribution in [-0.2, 0) is 5.54 Å². The summed E-state index contributed by atoms with van der Waals surface area (Å²) in [6.07, 6.45) is 1.86. The molecule has 0 aliphatic rings. The predicted octanol–water partition coefficient (Wildman–Crippen LogP) is 2.53. The number of hydrogen-bond acceptors (Lipinski definition) is 3. The maximum Gasteiger partial charge on any atom is 0.102 e. The molecule has 0 radical (unpaired) electrons. The molecule has 0 atom stereocenters. The molecule has 1 aromatic heterocycles. The maximum absolute atomic E-state index is 5.98. The van der Waals surface area contributed by atoms with E-state index in [-0.39, 0.29) is 0 Å². The fraction of sp³-hybridized carbons (Fsp3) is 0.333. The number of halogens is 1. The summed E-state index contributed by atoms with van der Waals surface area (Å²) in [5.41, 5.74) is 8.43. The van der Waals surface area contributed by atoms with Crippen LogP contribution < -0.4 is 5.73 Å². The first kappa shape index (κ1) is 12.3. The normalized spacial score (nSPS) is 11.8. The molecule has 4 nitrogen and oxygen atoms in total. The second kappa shape index (κ2) is 4.23. The summed E-state index contributed by atoms with van der Waals surface area (Å²) in [7, 11) is 0. The molecule has 1 heterocycles. The molecule has 0 saturated heterocycles. The lowest BCUT2D eigenvalue weighted by atomic mass is 10.0. The van der Waals surface area contributed by atoms with E-state index in [1.807, 2.05) is 45.2 Å². The molecule has 90 valence electrons. The number of hydrogen-bond donors (Lipinski definition) is 1. The Morgan fingerprint density at radius 2 is 2.06 bits per heavy atom. The van der Waals surface area contributed by atoms with Gasteiger partial charge in [0.05, 0.1) is 17.4 Å². The van der Waals surface area contributed by atoms with E-state index in [1.54, 1.807) is 4.68 Å². The first-order valence-corrected chi connectivity index (χ1v) is 6.15. The summed E-state index contributed by atoms with van der Waals surface area (Å²) in [4.78, 5) is 0. The van der Waals surface area contributed by atoms with Gasteiger partial charge in [0.1, 0.15) is 5.69 Å². The highest BCUT2D eigenvalue weighted by atomic mass is 79.9. The van der Waals surface area contributed by atoms with Gasteiger partial charge in [0.2, 0.25) is 0 Å². The van der Waals surface area contributed by atoms with Crippen LogP contribution in [0.1, 0.15) is 25.1 Å². The Balaban J connectivity index is 2.44. The molecule has 0 bridgehead atoms. The zero-order valence-electron chi connectivity index (χ0n) is 10.1. The standard InChI is InChI=1S/C12H15BrN4/c1-8-4-5-10(9(13)6-8)17-7-11(15-16-17)12(2,3)14/h4-7H,14H2,1-3H3. The molecule has 0 spiro atoms. The van der Waals surface area contributed by atoms with Crippen LogP contribution in [0.25, 0.3) is 5.69 Å². The third kappa shape index (κ3) is 2.56. The van der Waals surface area contributed by atoms with Crippen LogP contribution in [0.4, 0.5) is 0 Å². The SMILES string of the molecule is Cc1ccc(-n2cc(C(C)(C)N)nn2)c(Br)c1. The lowest BCUT2D eigenvalue weighted by Crippen LogP contribution is -2.29. The van der Waals surface area contributed by atoms with Crippen LogP contribution in [0.5, 0.6) is 0 Å². The molecule has 0 amide bonds. The Labute approximate surface area is 109 Å². The fourth-order valence-electron chi connectivity index (χ4n) is 1.47. The highest BCUT2D eigenvalue weighted by molar-refractivity contribution is 9.10. The van der Waals surface area contributed by atoms with Crippen molar-refractivity contribution in [2.45, 2.75) is 26.3 Å². The van der Waals surface area contributed by atoms with Gasteiger partial charge >= 0.3 is 0 Å². The van der Waals surface area contributed by atoms with Crippen LogP contribution in [0.3, 0.4) is 0 Å². The van der Waals surface area contributed by atoms with E-state index in [2.05, 4.69) is 26.2 Å². The molecule has 0 aliphatic carbocycles. The summed E-state index contributed by atoms with van der Waals surface area (Å²) in [5.74, 6) is 0. The number of nitrogens with zero attached hydrogens (tertiary/aromatic N) is 3. The molecule has 0 saturated carbocycles. The molecule has 5 heteroatoms. The van der Waals surface area contributed by atoms with Crippen LogP contribution in [0.15, 0.2) is 28.9 Å². The molecule has 0 aliphatic heterocycles. The number of aromatic nitrogens is 3. The van der Waals surface area contributed by atoms with E-state index >= 15 is 0 Å². The van der Waals surface area contributed by atoms with Crippen LogP contribution in [0.2, 0.25) is 0 Å². The zero-order valence-corrected chi connectivity index (χ0v) is 11.7. The fourth-order valence-corrected chi connectivity index (χ4v) is 2.15. The van der Waals surface area contributed by atoms with Gasteiger partial charge < -0.3 is 5.73 Å². The Hall–Kier alpha value is -1.20. The Morgan fingerprint density at radius 1 is 1.35 bits per heavy atom. The maximum atomic E-state index is 5.98. The van der Waals surface area contributed by atoms with E-state index < -0.39 is 5.54 Å². The van der Waals surface area contributed by atoms with Crippen molar-refractivity contribution in [1.82, 2.24) is 15.0 Å². The van der Waals surface area contributed by atoms with Crippen molar-refractivity contribution in [3.63, 3.8) is 0 Å². The van der Waals surface area contributed by atoms with E-state index in [1.165, 1.54) is 5.56 Å². The minimum atomic E-state index is -0.477. The molecule has 2 N–H and O–H groups in total. The second-order valence-corrected chi connectivity index (χ2v) is 5.58. The molecule has 1 aromatic carbocycles. The summed E-state index contributed by atoms with van der Waals surface area (Å²) >= 11 is 3.52. The van der Waals surface area contributed by atoms with Crippen molar-refractivity contribution < 1.29 is 0 Å². The highest BCUT2D eigenvalue weighted by Crippen LogP contribution is 2.23. The van der Waals surface area contributed by atoms with E-state index in [9.17, 15) is 0 Å². The number of rotatable bonds is 2. The minimum Gasteiger partial charge on any atom is -0.320 e. The number of nitrogens with two attached hydrogens (primary N) is 1. The highest BCUT2D eigenvalue weighted by Gasteiger charge is 2.19. The predicted molar refractivity (Wildman–Crippen MR) is 71.0 cm³/mol. The monoisotopic (exact) mass is 294 g/mol. The van der Waals surface area contributed by atoms with Gasteiger partial charge in [-0.15, -0.1) is 5.10 Å². The van der Waals surface area contributed by atoms with Gasteiger partial charge in [-0.3, -0.25) is 0 Å². The lowest BCUT2D eigenvalue weighted by Gasteiger charge is -2.13. The van der Waals surface area contributed by atoms with Gasteiger partial charge in [-0.25, -0.2) is 4.68 Å². The third-order valence-corrected chi connectivity index (χ3v) is 3.14. The smallest absolute Gasteiger partial charge is 0.102 e. The molecule has 2 rings (SSSR count). The molecule has 2 aromatic rings. The van der Waals surface area contributed by atoms with Gasteiger partial charge in [-0.2, -0.15) is 0 Å². The average molecular weight is 295 g/mol. The first-order chi connectivity index (χ1) is 7.88. The number of aryl methyl sites for hydroxylation is 1. The van der Waals surface area contributed by atoms with Gasteiger partial charge in [0, 0.05) is 4.47 Å². The molecular weight excluding hydrogens is 280 g/mol. The van der Waals surface area contributed by atoms with Crippen molar-refractivity contribution in [2.75, 3.05) is 0 Å². The van der Waals surface area contributed by atoms with Crippen LogP contribution >= 0.6 is 15.9 Å². The summed E-state index contributed by atoms with van der Waals surface area (Å²) < 4.78 is 2.72. The Kier molecular flexibility index (Phi) is 3.05. The van der Waals surface area contributed by atoms with Crippen LogP contribution in [0, 0.1) is 6.92 Å². The third-order valence-electron chi connectivity index (χ3n) is 2.50. The summed E-state index contributed by atoms with van der Waals surface area (Å²) in [6, 6.07) is 6.08. The first-order valence-electron chi connectivity index (χ1n) is 5.36. The van der Waals surface area contributed by atoms with Crippen molar-refractivity contribution in [2.24, 2.45) is 5.73 Å². The minimum absolute atomic E-state index is 0.477. The van der Waals surface area contributed by atoms with Gasteiger partial charge in [0.25, 0.3) is 0 Å². The van der Waals surface area contributed by atoms with Crippen molar-refractivity contribution in [1.29, 1.82) is 0 Å². The number of benzene rings is 1. The van der Waals surface area contributed by atoms with E-state index in [0.717, 1.165) is 15.9 Å². The zero-order chi connectivity index (χ0) is 12.6.